The van der Waals surface area contributed by atoms with Gasteiger partial charge >= 0.3 is 0 Å². The minimum atomic E-state index is -0.387. The first-order valence-corrected chi connectivity index (χ1v) is 9.89. The maximum atomic E-state index is 12.1. The molecule has 0 amide bonds. The van der Waals surface area contributed by atoms with Crippen molar-refractivity contribution < 1.29 is 9.47 Å². The molecule has 0 aliphatic heterocycles. The highest BCUT2D eigenvalue weighted by molar-refractivity contribution is 5.81. The minimum absolute atomic E-state index is 0.166. The Hall–Kier alpha value is -3.68. The largest absolute Gasteiger partial charge is 0.493 e. The third-order valence-electron chi connectivity index (χ3n) is 4.49. The van der Waals surface area contributed by atoms with Crippen molar-refractivity contribution in [1.82, 2.24) is 15.2 Å². The predicted molar refractivity (Wildman–Crippen MR) is 121 cm³/mol. The fourth-order valence-corrected chi connectivity index (χ4v) is 2.78. The quantitative estimate of drug-likeness (QED) is 0.444. The minimum Gasteiger partial charge on any atom is -0.493 e. The van der Waals surface area contributed by atoms with Crippen LogP contribution in [0.1, 0.15) is 43.2 Å². The van der Waals surface area contributed by atoms with Crippen LogP contribution in [-0.4, -0.2) is 28.5 Å². The number of ether oxygens (including phenoxy) is 2. The molecule has 3 aromatic rings. The fraction of sp³-hybridized carbons (Fsp3) is 0.304. The van der Waals surface area contributed by atoms with Crippen LogP contribution in [0.5, 0.6) is 11.5 Å². The van der Waals surface area contributed by atoms with E-state index in [-0.39, 0.29) is 16.9 Å². The number of rotatable bonds is 7. The van der Waals surface area contributed by atoms with E-state index in [1.54, 1.807) is 13.3 Å². The number of aryl methyl sites for hydroxylation is 1. The molecule has 2 N–H and O–H groups in total. The molecule has 0 saturated heterocycles. The number of anilines is 1. The Morgan fingerprint density at radius 1 is 1.10 bits per heavy atom. The van der Waals surface area contributed by atoms with Crippen molar-refractivity contribution in [3.05, 3.63) is 75.2 Å². The summed E-state index contributed by atoms with van der Waals surface area (Å²) < 4.78 is 11.3. The molecule has 1 heterocycles. The summed E-state index contributed by atoms with van der Waals surface area (Å²) in [6, 6.07) is 13.7. The first-order chi connectivity index (χ1) is 14.8. The van der Waals surface area contributed by atoms with Gasteiger partial charge in [-0.15, -0.1) is 10.2 Å². The van der Waals surface area contributed by atoms with E-state index >= 15 is 0 Å². The summed E-state index contributed by atoms with van der Waals surface area (Å²) in [5.74, 6) is 1.40. The molecule has 162 valence electrons. The number of nitrogens with one attached hydrogen (secondary N) is 2. The SMILES string of the molecule is COc1cc(/C=N/Nc2nnc(C(C)(C)C)c(=O)[nH]2)ccc1OCc1ccc(C)cc1. The second kappa shape index (κ2) is 9.42. The van der Waals surface area contributed by atoms with Crippen molar-refractivity contribution >= 4 is 12.2 Å². The summed E-state index contributed by atoms with van der Waals surface area (Å²) >= 11 is 0. The predicted octanol–water partition coefficient (Wildman–Crippen LogP) is 3.80. The van der Waals surface area contributed by atoms with Gasteiger partial charge in [0.25, 0.3) is 5.56 Å². The van der Waals surface area contributed by atoms with Gasteiger partial charge in [-0.05, 0) is 36.2 Å². The molecule has 8 nitrogen and oxygen atoms in total. The molecule has 0 unspecified atom stereocenters. The standard InChI is InChI=1S/C23H27N5O3/c1-15-6-8-16(9-7-15)14-31-18-11-10-17(12-19(18)30-5)13-24-27-22-25-21(29)20(26-28-22)23(2,3)4/h6-13H,14H2,1-5H3,(H2,25,27,28,29)/b24-13+. The molecule has 3 rings (SSSR count). The number of hydrogen-bond acceptors (Lipinski definition) is 7. The van der Waals surface area contributed by atoms with Crippen molar-refractivity contribution in [2.75, 3.05) is 12.5 Å². The van der Waals surface area contributed by atoms with Crippen molar-refractivity contribution in [3.63, 3.8) is 0 Å². The summed E-state index contributed by atoms with van der Waals surface area (Å²) in [5, 5.41) is 12.1. The molecule has 0 aliphatic carbocycles. The lowest BCUT2D eigenvalue weighted by Gasteiger charge is -2.15. The van der Waals surface area contributed by atoms with Gasteiger partial charge in [-0.2, -0.15) is 5.10 Å². The monoisotopic (exact) mass is 421 g/mol. The van der Waals surface area contributed by atoms with Crippen molar-refractivity contribution in [2.24, 2.45) is 5.10 Å². The smallest absolute Gasteiger partial charge is 0.274 e. The van der Waals surface area contributed by atoms with Gasteiger partial charge in [-0.25, -0.2) is 5.43 Å². The molecule has 0 aliphatic rings. The number of methoxy groups -OCH3 is 1. The van der Waals surface area contributed by atoms with E-state index in [0.717, 1.165) is 11.1 Å². The van der Waals surface area contributed by atoms with Crippen LogP contribution in [0.4, 0.5) is 5.95 Å². The Morgan fingerprint density at radius 2 is 1.84 bits per heavy atom. The van der Waals surface area contributed by atoms with Gasteiger partial charge in [0.15, 0.2) is 11.5 Å². The summed E-state index contributed by atoms with van der Waals surface area (Å²) in [6.45, 7) is 8.20. The number of aromatic nitrogens is 3. The fourth-order valence-electron chi connectivity index (χ4n) is 2.78. The Kier molecular flexibility index (Phi) is 6.69. The second-order valence-electron chi connectivity index (χ2n) is 8.16. The summed E-state index contributed by atoms with van der Waals surface area (Å²) in [5.41, 5.74) is 5.44. The highest BCUT2D eigenvalue weighted by Crippen LogP contribution is 2.28. The zero-order chi connectivity index (χ0) is 22.4. The van der Waals surface area contributed by atoms with Gasteiger partial charge in [0.05, 0.1) is 13.3 Å². The van der Waals surface area contributed by atoms with Crippen LogP contribution in [0.3, 0.4) is 0 Å². The molecule has 31 heavy (non-hydrogen) atoms. The molecular formula is C23H27N5O3. The van der Waals surface area contributed by atoms with Gasteiger partial charge < -0.3 is 9.47 Å². The maximum absolute atomic E-state index is 12.1. The average molecular weight is 422 g/mol. The zero-order valence-electron chi connectivity index (χ0n) is 18.4. The first kappa shape index (κ1) is 22.0. The number of H-pyrrole nitrogens is 1. The van der Waals surface area contributed by atoms with Crippen LogP contribution >= 0.6 is 0 Å². The Balaban J connectivity index is 1.65. The summed E-state index contributed by atoms with van der Waals surface area (Å²) in [4.78, 5) is 14.8. The second-order valence-corrected chi connectivity index (χ2v) is 8.16. The van der Waals surface area contributed by atoms with E-state index < -0.39 is 0 Å². The van der Waals surface area contributed by atoms with Gasteiger partial charge in [0.2, 0.25) is 5.95 Å². The number of hydrogen-bond donors (Lipinski definition) is 2. The molecule has 0 spiro atoms. The number of benzene rings is 2. The molecule has 0 atom stereocenters. The van der Waals surface area contributed by atoms with Crippen LogP contribution in [0.25, 0.3) is 0 Å². The average Bonchev–Trinajstić information content (AvgIpc) is 2.73. The van der Waals surface area contributed by atoms with E-state index in [1.165, 1.54) is 5.56 Å². The third-order valence-corrected chi connectivity index (χ3v) is 4.49. The molecule has 0 fully saturated rings. The molecule has 8 heteroatoms. The highest BCUT2D eigenvalue weighted by atomic mass is 16.5. The van der Waals surface area contributed by atoms with Gasteiger partial charge in [0, 0.05) is 5.41 Å². The van der Waals surface area contributed by atoms with Crippen LogP contribution < -0.4 is 20.5 Å². The van der Waals surface area contributed by atoms with Crippen molar-refractivity contribution in [1.29, 1.82) is 0 Å². The number of aromatic amines is 1. The Morgan fingerprint density at radius 3 is 2.48 bits per heavy atom. The van der Waals surface area contributed by atoms with E-state index in [2.05, 4.69) is 37.8 Å². The maximum Gasteiger partial charge on any atom is 0.274 e. The van der Waals surface area contributed by atoms with E-state index in [1.807, 2.05) is 58.0 Å². The van der Waals surface area contributed by atoms with E-state index in [9.17, 15) is 4.79 Å². The lowest BCUT2D eigenvalue weighted by atomic mass is 9.93. The summed E-state index contributed by atoms with van der Waals surface area (Å²) in [6.07, 6.45) is 1.59. The Bertz CT molecular complexity index is 1120. The normalized spacial score (nSPS) is 11.5. The number of hydrazone groups is 1. The molecular weight excluding hydrogens is 394 g/mol. The summed E-state index contributed by atoms with van der Waals surface area (Å²) in [7, 11) is 1.59. The Labute approximate surface area is 181 Å². The molecule has 0 saturated carbocycles. The lowest BCUT2D eigenvalue weighted by molar-refractivity contribution is 0.284. The molecule has 0 radical (unpaired) electrons. The molecule has 1 aromatic heterocycles. The van der Waals surface area contributed by atoms with Crippen molar-refractivity contribution in [2.45, 2.75) is 39.7 Å². The van der Waals surface area contributed by atoms with E-state index in [4.69, 9.17) is 9.47 Å². The highest BCUT2D eigenvalue weighted by Gasteiger charge is 2.20. The van der Waals surface area contributed by atoms with Gasteiger partial charge in [0.1, 0.15) is 12.3 Å². The molecule has 0 bridgehead atoms. The van der Waals surface area contributed by atoms with E-state index in [0.29, 0.717) is 23.8 Å². The van der Waals surface area contributed by atoms with Crippen LogP contribution in [0, 0.1) is 6.92 Å². The first-order valence-electron chi connectivity index (χ1n) is 9.89. The molecule has 2 aromatic carbocycles. The van der Waals surface area contributed by atoms with Crippen LogP contribution in [0.15, 0.2) is 52.4 Å². The number of nitrogens with zero attached hydrogens (tertiary/aromatic N) is 3. The van der Waals surface area contributed by atoms with Gasteiger partial charge in [-0.3, -0.25) is 9.78 Å². The van der Waals surface area contributed by atoms with Crippen LogP contribution in [0.2, 0.25) is 0 Å². The topological polar surface area (TPSA) is 101 Å². The lowest BCUT2D eigenvalue weighted by Crippen LogP contribution is -2.28. The van der Waals surface area contributed by atoms with Crippen molar-refractivity contribution in [3.8, 4) is 11.5 Å². The third kappa shape index (κ3) is 5.91. The van der Waals surface area contributed by atoms with Crippen LogP contribution in [-0.2, 0) is 12.0 Å². The van der Waals surface area contributed by atoms with Gasteiger partial charge in [-0.1, -0.05) is 50.6 Å². The zero-order valence-corrected chi connectivity index (χ0v) is 18.4.